The van der Waals surface area contributed by atoms with E-state index in [0.29, 0.717) is 12.9 Å². The first kappa shape index (κ1) is 17.8. The molecule has 2 aromatic rings. The van der Waals surface area contributed by atoms with E-state index >= 15 is 0 Å². The Kier molecular flexibility index (Phi) is 7.83. The van der Waals surface area contributed by atoms with Crippen molar-refractivity contribution in [3.8, 4) is 11.1 Å². The van der Waals surface area contributed by atoms with Crippen molar-refractivity contribution in [3.05, 3.63) is 71.8 Å². The maximum Gasteiger partial charge on any atom is 0.142 e. The van der Waals surface area contributed by atoms with E-state index in [1.54, 1.807) is 7.11 Å². The molecule has 0 saturated carbocycles. The largest absolute Gasteiger partial charge is 0.392 e. The van der Waals surface area contributed by atoms with Crippen LogP contribution < -0.4 is 0 Å². The number of aliphatic hydroxyl groups excluding tert-OH is 1. The van der Waals surface area contributed by atoms with Crippen LogP contribution in [0.25, 0.3) is 11.1 Å². The predicted molar refractivity (Wildman–Crippen MR) is 89.5 cm³/mol. The maximum atomic E-state index is 9.19. The lowest BCUT2D eigenvalue weighted by molar-refractivity contribution is -0.104. The SMILES string of the molecule is C=CC=O.COCc1cc(CO)ccc1-c1ccc(C)cc1. The fourth-order valence-corrected chi connectivity index (χ4v) is 2.04. The Bertz CT molecular complexity index is 595. The van der Waals surface area contributed by atoms with E-state index in [0.717, 1.165) is 16.7 Å². The highest BCUT2D eigenvalue weighted by Crippen LogP contribution is 2.26. The number of ether oxygens (including phenoxy) is 1. The highest BCUT2D eigenvalue weighted by Gasteiger charge is 2.06. The number of carbonyl (C=O) groups excluding carboxylic acids is 1. The summed E-state index contributed by atoms with van der Waals surface area (Å²) in [5, 5.41) is 9.19. The monoisotopic (exact) mass is 298 g/mol. The van der Waals surface area contributed by atoms with Gasteiger partial charge in [-0.1, -0.05) is 54.6 Å². The molecule has 116 valence electrons. The Labute approximate surface area is 131 Å². The molecule has 0 aromatic heterocycles. The second kappa shape index (κ2) is 9.66. The van der Waals surface area contributed by atoms with Gasteiger partial charge in [0.25, 0.3) is 0 Å². The maximum absolute atomic E-state index is 9.19. The van der Waals surface area contributed by atoms with Gasteiger partial charge in [-0.25, -0.2) is 0 Å². The van der Waals surface area contributed by atoms with E-state index in [4.69, 9.17) is 9.53 Å². The van der Waals surface area contributed by atoms with Gasteiger partial charge in [0.15, 0.2) is 0 Å². The molecule has 0 saturated heterocycles. The van der Waals surface area contributed by atoms with E-state index in [1.807, 2.05) is 18.2 Å². The van der Waals surface area contributed by atoms with Crippen molar-refractivity contribution < 1.29 is 14.6 Å². The first-order chi connectivity index (χ1) is 10.7. The fourth-order valence-electron chi connectivity index (χ4n) is 2.04. The van der Waals surface area contributed by atoms with E-state index in [2.05, 4.69) is 37.8 Å². The molecule has 0 aliphatic carbocycles. The molecule has 0 aliphatic rings. The topological polar surface area (TPSA) is 46.5 Å². The van der Waals surface area contributed by atoms with E-state index in [1.165, 1.54) is 17.2 Å². The molecule has 0 spiro atoms. The van der Waals surface area contributed by atoms with Gasteiger partial charge in [0.05, 0.1) is 13.2 Å². The van der Waals surface area contributed by atoms with E-state index < -0.39 is 0 Å². The number of methoxy groups -OCH3 is 1. The Morgan fingerprint density at radius 3 is 2.32 bits per heavy atom. The Morgan fingerprint density at radius 1 is 1.18 bits per heavy atom. The van der Waals surface area contributed by atoms with Gasteiger partial charge in [0.1, 0.15) is 6.29 Å². The van der Waals surface area contributed by atoms with Crippen molar-refractivity contribution in [2.75, 3.05) is 7.11 Å². The molecule has 3 nitrogen and oxygen atoms in total. The van der Waals surface area contributed by atoms with Crippen LogP contribution >= 0.6 is 0 Å². The fraction of sp³-hybridized carbons (Fsp3) is 0.211. The van der Waals surface area contributed by atoms with Crippen LogP contribution in [0.2, 0.25) is 0 Å². The quantitative estimate of drug-likeness (QED) is 0.676. The zero-order chi connectivity index (χ0) is 16.4. The number of carbonyl (C=O) groups is 1. The van der Waals surface area contributed by atoms with Gasteiger partial charge in [-0.2, -0.15) is 0 Å². The van der Waals surface area contributed by atoms with Crippen LogP contribution in [-0.4, -0.2) is 18.5 Å². The Hall–Kier alpha value is -2.23. The predicted octanol–water partition coefficient (Wildman–Crippen LogP) is 3.67. The second-order valence-corrected chi connectivity index (χ2v) is 4.82. The molecule has 0 radical (unpaired) electrons. The first-order valence-corrected chi connectivity index (χ1v) is 7.01. The van der Waals surface area contributed by atoms with E-state index in [-0.39, 0.29) is 6.61 Å². The number of rotatable bonds is 5. The average Bonchev–Trinajstić information content (AvgIpc) is 2.56. The molecular formula is C19H22O3. The molecule has 0 fully saturated rings. The Balaban J connectivity index is 0.000000541. The van der Waals surface area contributed by atoms with Crippen molar-refractivity contribution in [2.24, 2.45) is 0 Å². The summed E-state index contributed by atoms with van der Waals surface area (Å²) in [4.78, 5) is 9.06. The third kappa shape index (κ3) is 5.28. The normalized spacial score (nSPS) is 9.59. The zero-order valence-corrected chi connectivity index (χ0v) is 13.1. The van der Waals surface area contributed by atoms with Crippen molar-refractivity contribution in [1.29, 1.82) is 0 Å². The summed E-state index contributed by atoms with van der Waals surface area (Å²) < 4.78 is 5.23. The first-order valence-electron chi connectivity index (χ1n) is 7.01. The van der Waals surface area contributed by atoms with Crippen LogP contribution in [0.5, 0.6) is 0 Å². The molecule has 0 heterocycles. The van der Waals surface area contributed by atoms with Crippen molar-refractivity contribution >= 4 is 6.29 Å². The highest BCUT2D eigenvalue weighted by atomic mass is 16.5. The molecule has 0 atom stereocenters. The van der Waals surface area contributed by atoms with Crippen LogP contribution in [0.4, 0.5) is 0 Å². The van der Waals surface area contributed by atoms with Gasteiger partial charge in [0, 0.05) is 7.11 Å². The van der Waals surface area contributed by atoms with Crippen molar-refractivity contribution in [2.45, 2.75) is 20.1 Å². The highest BCUT2D eigenvalue weighted by molar-refractivity contribution is 5.68. The summed E-state index contributed by atoms with van der Waals surface area (Å²) in [5.74, 6) is 0. The molecule has 22 heavy (non-hydrogen) atoms. The smallest absolute Gasteiger partial charge is 0.142 e. The molecule has 2 rings (SSSR count). The summed E-state index contributed by atoms with van der Waals surface area (Å²) in [6.07, 6.45) is 1.83. The number of aldehydes is 1. The van der Waals surface area contributed by atoms with Gasteiger partial charge in [-0.3, -0.25) is 4.79 Å². The summed E-state index contributed by atoms with van der Waals surface area (Å²) in [6, 6.07) is 14.4. The minimum atomic E-state index is 0.0604. The lowest BCUT2D eigenvalue weighted by Gasteiger charge is -2.11. The van der Waals surface area contributed by atoms with E-state index in [9.17, 15) is 5.11 Å². The molecular weight excluding hydrogens is 276 g/mol. The molecule has 0 bridgehead atoms. The summed E-state index contributed by atoms with van der Waals surface area (Å²) in [7, 11) is 1.69. The average molecular weight is 298 g/mol. The number of aryl methyl sites for hydroxylation is 1. The van der Waals surface area contributed by atoms with Crippen LogP contribution in [0.15, 0.2) is 55.1 Å². The number of allylic oxidation sites excluding steroid dienone is 1. The molecule has 0 amide bonds. The summed E-state index contributed by atoms with van der Waals surface area (Å²) in [5.41, 5.74) is 5.61. The number of benzene rings is 2. The third-order valence-corrected chi connectivity index (χ3v) is 3.11. The van der Waals surface area contributed by atoms with Crippen LogP contribution in [0.3, 0.4) is 0 Å². The van der Waals surface area contributed by atoms with Crippen molar-refractivity contribution in [1.82, 2.24) is 0 Å². The van der Waals surface area contributed by atoms with Crippen LogP contribution in [0, 0.1) is 6.92 Å². The molecule has 0 unspecified atom stereocenters. The summed E-state index contributed by atoms with van der Waals surface area (Å²) >= 11 is 0. The minimum Gasteiger partial charge on any atom is -0.392 e. The van der Waals surface area contributed by atoms with Crippen LogP contribution in [-0.2, 0) is 22.7 Å². The lowest BCUT2D eigenvalue weighted by Crippen LogP contribution is -1.95. The number of hydrogen-bond acceptors (Lipinski definition) is 3. The molecule has 2 aromatic carbocycles. The molecule has 1 N–H and O–H groups in total. The minimum absolute atomic E-state index is 0.0604. The third-order valence-electron chi connectivity index (χ3n) is 3.11. The van der Waals surface area contributed by atoms with Gasteiger partial charge >= 0.3 is 0 Å². The van der Waals surface area contributed by atoms with Gasteiger partial charge in [-0.15, -0.1) is 0 Å². The molecule has 0 aliphatic heterocycles. The van der Waals surface area contributed by atoms with Crippen LogP contribution in [0.1, 0.15) is 16.7 Å². The number of hydrogen-bond donors (Lipinski definition) is 1. The number of aliphatic hydroxyl groups is 1. The standard InChI is InChI=1S/C16H18O2.C3H4O/c1-12-3-6-14(7-4-12)16-8-5-13(10-17)9-15(16)11-18-2;1-2-3-4/h3-9,17H,10-11H2,1-2H3;2-3H,1H2. The lowest BCUT2D eigenvalue weighted by atomic mass is 9.97. The zero-order valence-electron chi connectivity index (χ0n) is 13.1. The summed E-state index contributed by atoms with van der Waals surface area (Å²) in [6.45, 7) is 5.80. The Morgan fingerprint density at radius 2 is 1.82 bits per heavy atom. The second-order valence-electron chi connectivity index (χ2n) is 4.82. The van der Waals surface area contributed by atoms with Gasteiger partial charge in [0.2, 0.25) is 0 Å². The molecule has 3 heteroatoms. The van der Waals surface area contributed by atoms with Gasteiger partial charge < -0.3 is 9.84 Å². The van der Waals surface area contributed by atoms with Gasteiger partial charge in [-0.05, 0) is 35.3 Å². The van der Waals surface area contributed by atoms with Crippen molar-refractivity contribution in [3.63, 3.8) is 0 Å².